The van der Waals surface area contributed by atoms with E-state index in [9.17, 15) is 4.79 Å². The van der Waals surface area contributed by atoms with Crippen molar-refractivity contribution >= 4 is 23.0 Å². The second kappa shape index (κ2) is 8.71. The third-order valence-electron chi connectivity index (χ3n) is 4.83. The molecule has 0 spiro atoms. The molecule has 0 radical (unpaired) electrons. The molecule has 1 amide bonds. The van der Waals surface area contributed by atoms with Gasteiger partial charge in [0.05, 0.1) is 28.8 Å². The molecule has 2 aromatic carbocycles. The molecule has 2 aromatic heterocycles. The average Bonchev–Trinajstić information content (AvgIpc) is 3.17. The Morgan fingerprint density at radius 3 is 2.45 bits per heavy atom. The number of anilines is 1. The highest BCUT2D eigenvalue weighted by Crippen LogP contribution is 2.29. The fourth-order valence-corrected chi connectivity index (χ4v) is 3.09. The first-order chi connectivity index (χ1) is 15.0. The number of nitrogens with one attached hydrogen (secondary N) is 1. The molecule has 0 aliphatic heterocycles. The molecule has 0 fully saturated rings. The van der Waals surface area contributed by atoms with Gasteiger partial charge in [0.25, 0.3) is 5.91 Å². The smallest absolute Gasteiger partial charge is 0.259 e. The number of nitrogens with zero attached hydrogens (tertiary/aromatic N) is 5. The van der Waals surface area contributed by atoms with Gasteiger partial charge in [-0.05, 0) is 62.7 Å². The zero-order chi connectivity index (χ0) is 21.8. The Labute approximate surface area is 180 Å². The quantitative estimate of drug-likeness (QED) is 0.418. The van der Waals surface area contributed by atoms with Crippen molar-refractivity contribution in [3.8, 4) is 5.82 Å². The van der Waals surface area contributed by atoms with Gasteiger partial charge in [-0.3, -0.25) is 4.79 Å². The Balaban J connectivity index is 1.59. The van der Waals surface area contributed by atoms with Crippen LogP contribution < -0.4 is 5.32 Å². The van der Waals surface area contributed by atoms with E-state index in [4.69, 9.17) is 0 Å². The van der Waals surface area contributed by atoms with Crippen molar-refractivity contribution in [3.05, 3.63) is 95.4 Å². The van der Waals surface area contributed by atoms with Crippen LogP contribution in [0.1, 0.15) is 27.2 Å². The molecule has 7 heteroatoms. The highest BCUT2D eigenvalue weighted by atomic mass is 16.1. The molecular formula is C24H22N6O. The van der Waals surface area contributed by atoms with Crippen molar-refractivity contribution in [2.24, 2.45) is 10.2 Å². The standard InChI is InChI=1S/C24H22N6O/c1-16-7-10-19(11-8-16)28-29-22-14-17(2)9-12-21(22)27-24(31)20-15-26-30(18(20)3)23-6-4-5-13-25-23/h4-15H,1-3H3,(H,27,31). The SMILES string of the molecule is Cc1ccc(N=Nc2cc(C)ccc2NC(=O)c2cnn(-c3ccccn3)c2C)cc1. The van der Waals surface area contributed by atoms with Gasteiger partial charge in [-0.1, -0.05) is 29.8 Å². The second-order valence-corrected chi connectivity index (χ2v) is 7.25. The number of hydrogen-bond donors (Lipinski definition) is 1. The van der Waals surface area contributed by atoms with E-state index in [-0.39, 0.29) is 5.91 Å². The van der Waals surface area contributed by atoms with Crippen LogP contribution in [-0.2, 0) is 0 Å². The molecule has 0 aliphatic carbocycles. The minimum Gasteiger partial charge on any atom is -0.320 e. The monoisotopic (exact) mass is 410 g/mol. The first-order valence-corrected chi connectivity index (χ1v) is 9.88. The summed E-state index contributed by atoms with van der Waals surface area (Å²) in [6.07, 6.45) is 3.23. The van der Waals surface area contributed by atoms with E-state index in [2.05, 4.69) is 25.6 Å². The number of hydrogen-bond acceptors (Lipinski definition) is 5. The third kappa shape index (κ3) is 4.56. The lowest BCUT2D eigenvalue weighted by Crippen LogP contribution is -2.13. The van der Waals surface area contributed by atoms with Crippen molar-refractivity contribution < 1.29 is 4.79 Å². The molecule has 4 aromatic rings. The summed E-state index contributed by atoms with van der Waals surface area (Å²) in [4.78, 5) is 17.3. The minimum atomic E-state index is -0.268. The molecule has 4 rings (SSSR count). The molecule has 0 atom stereocenters. The normalized spacial score (nSPS) is 11.1. The molecule has 0 bridgehead atoms. The van der Waals surface area contributed by atoms with Gasteiger partial charge in [-0.15, -0.1) is 5.11 Å². The fourth-order valence-electron chi connectivity index (χ4n) is 3.09. The van der Waals surface area contributed by atoms with Crippen LogP contribution in [0.4, 0.5) is 17.1 Å². The topological polar surface area (TPSA) is 84.5 Å². The number of carbonyl (C=O) groups excluding carboxylic acids is 1. The van der Waals surface area contributed by atoms with Gasteiger partial charge in [0.2, 0.25) is 0 Å². The van der Waals surface area contributed by atoms with Crippen molar-refractivity contribution in [2.45, 2.75) is 20.8 Å². The van der Waals surface area contributed by atoms with Crippen LogP contribution in [0, 0.1) is 20.8 Å². The van der Waals surface area contributed by atoms with Crippen LogP contribution in [0.15, 0.2) is 83.3 Å². The maximum absolute atomic E-state index is 13.0. The Kier molecular flexibility index (Phi) is 5.66. The number of benzene rings is 2. The summed E-state index contributed by atoms with van der Waals surface area (Å²) in [5.41, 5.74) is 5.26. The van der Waals surface area contributed by atoms with E-state index in [0.717, 1.165) is 16.8 Å². The van der Waals surface area contributed by atoms with E-state index < -0.39 is 0 Å². The van der Waals surface area contributed by atoms with Gasteiger partial charge in [-0.2, -0.15) is 10.2 Å². The maximum atomic E-state index is 13.0. The zero-order valence-electron chi connectivity index (χ0n) is 17.6. The molecule has 31 heavy (non-hydrogen) atoms. The summed E-state index contributed by atoms with van der Waals surface area (Å²) in [5.74, 6) is 0.386. The number of aryl methyl sites for hydroxylation is 2. The Hall–Kier alpha value is -4.13. The van der Waals surface area contributed by atoms with Gasteiger partial charge in [0.15, 0.2) is 5.82 Å². The predicted molar refractivity (Wildman–Crippen MR) is 121 cm³/mol. The number of azo groups is 1. The molecule has 0 aliphatic rings. The lowest BCUT2D eigenvalue weighted by atomic mass is 10.2. The molecule has 7 nitrogen and oxygen atoms in total. The van der Waals surface area contributed by atoms with Crippen molar-refractivity contribution in [2.75, 3.05) is 5.32 Å². The van der Waals surface area contributed by atoms with E-state index in [1.165, 1.54) is 0 Å². The van der Waals surface area contributed by atoms with Crippen LogP contribution in [0.25, 0.3) is 5.82 Å². The van der Waals surface area contributed by atoms with E-state index >= 15 is 0 Å². The number of carbonyl (C=O) groups is 1. The Bertz CT molecular complexity index is 1240. The molecule has 0 saturated carbocycles. The second-order valence-electron chi connectivity index (χ2n) is 7.25. The zero-order valence-corrected chi connectivity index (χ0v) is 17.6. The van der Waals surface area contributed by atoms with Gasteiger partial charge in [-0.25, -0.2) is 9.67 Å². The minimum absolute atomic E-state index is 0.268. The third-order valence-corrected chi connectivity index (χ3v) is 4.83. The summed E-state index contributed by atoms with van der Waals surface area (Å²) >= 11 is 0. The summed E-state index contributed by atoms with van der Waals surface area (Å²) in [6.45, 7) is 5.83. The van der Waals surface area contributed by atoms with Gasteiger partial charge in [0, 0.05) is 6.20 Å². The van der Waals surface area contributed by atoms with Crippen molar-refractivity contribution in [1.29, 1.82) is 0 Å². The summed E-state index contributed by atoms with van der Waals surface area (Å²) < 4.78 is 1.64. The van der Waals surface area contributed by atoms with Crippen LogP contribution >= 0.6 is 0 Å². The van der Waals surface area contributed by atoms with E-state index in [1.807, 2.05) is 81.4 Å². The van der Waals surface area contributed by atoms with Crippen molar-refractivity contribution in [3.63, 3.8) is 0 Å². The van der Waals surface area contributed by atoms with Crippen molar-refractivity contribution in [1.82, 2.24) is 14.8 Å². The van der Waals surface area contributed by atoms with Crippen LogP contribution in [-0.4, -0.2) is 20.7 Å². The maximum Gasteiger partial charge on any atom is 0.259 e. The van der Waals surface area contributed by atoms with Gasteiger partial charge >= 0.3 is 0 Å². The summed E-state index contributed by atoms with van der Waals surface area (Å²) in [6, 6.07) is 19.0. The predicted octanol–water partition coefficient (Wildman–Crippen LogP) is 5.86. The molecule has 0 unspecified atom stereocenters. The Morgan fingerprint density at radius 2 is 1.71 bits per heavy atom. The largest absolute Gasteiger partial charge is 0.320 e. The highest BCUT2D eigenvalue weighted by molar-refractivity contribution is 6.06. The lowest BCUT2D eigenvalue weighted by Gasteiger charge is -2.09. The first kappa shape index (κ1) is 20.2. The number of rotatable bonds is 5. The van der Waals surface area contributed by atoms with E-state index in [1.54, 1.807) is 17.1 Å². The lowest BCUT2D eigenvalue weighted by molar-refractivity contribution is 0.102. The van der Waals surface area contributed by atoms with E-state index in [0.29, 0.717) is 28.5 Å². The molecule has 2 heterocycles. The number of amides is 1. The average molecular weight is 410 g/mol. The highest BCUT2D eigenvalue weighted by Gasteiger charge is 2.17. The summed E-state index contributed by atoms with van der Waals surface area (Å²) in [5, 5.41) is 15.9. The van der Waals surface area contributed by atoms with Crippen LogP contribution in [0.2, 0.25) is 0 Å². The Morgan fingerprint density at radius 1 is 0.935 bits per heavy atom. The van der Waals surface area contributed by atoms with Gasteiger partial charge < -0.3 is 5.32 Å². The first-order valence-electron chi connectivity index (χ1n) is 9.88. The van der Waals surface area contributed by atoms with Crippen LogP contribution in [0.5, 0.6) is 0 Å². The fraction of sp³-hybridized carbons (Fsp3) is 0.125. The molecular weight excluding hydrogens is 388 g/mol. The molecule has 0 saturated heterocycles. The molecule has 154 valence electrons. The van der Waals surface area contributed by atoms with Crippen LogP contribution in [0.3, 0.4) is 0 Å². The number of aromatic nitrogens is 3. The van der Waals surface area contributed by atoms with Gasteiger partial charge in [0.1, 0.15) is 5.69 Å². The summed E-state index contributed by atoms with van der Waals surface area (Å²) in [7, 11) is 0. The molecule has 1 N–H and O–H groups in total. The number of pyridine rings is 1.